The molecule has 4 aromatic rings. The van der Waals surface area contributed by atoms with E-state index in [0.29, 0.717) is 11.3 Å². The maximum atomic E-state index is 13.0. The molecule has 0 fully saturated rings. The number of halogens is 1. The second-order valence-electron chi connectivity index (χ2n) is 9.36. The molecule has 4 N–H and O–H groups in total. The van der Waals surface area contributed by atoms with Crippen molar-refractivity contribution >= 4 is 41.0 Å². The summed E-state index contributed by atoms with van der Waals surface area (Å²) >= 11 is 6.37. The molecular formula is C31H28ClN5O4. The molecule has 0 bridgehead atoms. The Bertz CT molecular complexity index is 1560. The first-order valence-electron chi connectivity index (χ1n) is 13.1. The number of hydrogen-bond acceptors (Lipinski definition) is 6. The highest BCUT2D eigenvalue weighted by Gasteiger charge is 2.25. The van der Waals surface area contributed by atoms with E-state index in [1.54, 1.807) is 25.1 Å². The molecule has 3 amide bonds. The predicted octanol–water partition coefficient (Wildman–Crippen LogP) is 5.68. The zero-order chi connectivity index (χ0) is 28.8. The van der Waals surface area contributed by atoms with Gasteiger partial charge in [-0.05, 0) is 66.3 Å². The van der Waals surface area contributed by atoms with Gasteiger partial charge in [0.25, 0.3) is 5.91 Å². The van der Waals surface area contributed by atoms with Crippen LogP contribution in [0.3, 0.4) is 0 Å². The number of fused-ring (bicyclic) bond motifs is 2. The number of anilines is 2. The van der Waals surface area contributed by atoms with E-state index in [1.807, 2.05) is 36.4 Å². The van der Waals surface area contributed by atoms with Crippen molar-refractivity contribution in [2.75, 3.05) is 17.3 Å². The molecule has 208 valence electrons. The van der Waals surface area contributed by atoms with E-state index < -0.39 is 17.9 Å². The monoisotopic (exact) mass is 569 g/mol. The Morgan fingerprint density at radius 2 is 1.59 bits per heavy atom. The third-order valence-electron chi connectivity index (χ3n) is 6.70. The third-order valence-corrected chi connectivity index (χ3v) is 6.99. The summed E-state index contributed by atoms with van der Waals surface area (Å²) in [6, 6.07) is 23.2. The molecule has 9 nitrogen and oxygen atoms in total. The van der Waals surface area contributed by atoms with Gasteiger partial charge in [-0.3, -0.25) is 15.6 Å². The van der Waals surface area contributed by atoms with Gasteiger partial charge in [0.05, 0.1) is 28.8 Å². The van der Waals surface area contributed by atoms with Gasteiger partial charge in [-0.15, -0.1) is 0 Å². The minimum Gasteiger partial charge on any atom is -0.462 e. The second-order valence-corrected chi connectivity index (χ2v) is 9.77. The summed E-state index contributed by atoms with van der Waals surface area (Å²) < 4.78 is 5.00. The van der Waals surface area contributed by atoms with Crippen molar-refractivity contribution in [2.45, 2.75) is 25.8 Å². The Hall–Kier alpha value is -4.89. The van der Waals surface area contributed by atoms with Crippen LogP contribution in [0.15, 0.2) is 85.1 Å². The van der Waals surface area contributed by atoms with E-state index in [4.69, 9.17) is 16.3 Å². The van der Waals surface area contributed by atoms with Crippen LogP contribution in [0.2, 0.25) is 5.02 Å². The van der Waals surface area contributed by atoms with Crippen molar-refractivity contribution in [1.29, 1.82) is 0 Å². The quantitative estimate of drug-likeness (QED) is 0.168. The van der Waals surface area contributed by atoms with Gasteiger partial charge in [0.15, 0.2) is 5.82 Å². The number of hydrogen-bond donors (Lipinski definition) is 4. The normalized spacial score (nSPS) is 12.2. The van der Waals surface area contributed by atoms with Crippen LogP contribution < -0.4 is 21.5 Å². The van der Waals surface area contributed by atoms with Crippen molar-refractivity contribution in [2.24, 2.45) is 0 Å². The first-order valence-corrected chi connectivity index (χ1v) is 13.5. The molecule has 3 aromatic carbocycles. The average Bonchev–Trinajstić information content (AvgIpc) is 3.14. The largest absolute Gasteiger partial charge is 0.462 e. The number of aromatic nitrogens is 1. The Labute approximate surface area is 242 Å². The maximum Gasteiger partial charge on any atom is 0.338 e. The lowest BCUT2D eigenvalue weighted by molar-refractivity contribution is 0.0526. The molecule has 1 aliphatic carbocycles. The fourth-order valence-electron chi connectivity index (χ4n) is 4.76. The summed E-state index contributed by atoms with van der Waals surface area (Å²) in [7, 11) is 0. The molecule has 0 saturated carbocycles. The number of benzene rings is 3. The lowest BCUT2D eigenvalue weighted by Crippen LogP contribution is -2.41. The van der Waals surface area contributed by atoms with Gasteiger partial charge >= 0.3 is 12.0 Å². The van der Waals surface area contributed by atoms with Gasteiger partial charge in [-0.1, -0.05) is 66.2 Å². The fourth-order valence-corrected chi connectivity index (χ4v) is 4.97. The molecule has 0 aliphatic heterocycles. The van der Waals surface area contributed by atoms with Gasteiger partial charge in [-0.2, -0.15) is 0 Å². The van der Waals surface area contributed by atoms with Crippen molar-refractivity contribution in [3.05, 3.63) is 123 Å². The first-order chi connectivity index (χ1) is 19.9. The third kappa shape index (κ3) is 6.47. The number of urea groups is 1. The molecule has 0 spiro atoms. The molecule has 0 unspecified atom stereocenters. The first kappa shape index (κ1) is 27.7. The summed E-state index contributed by atoms with van der Waals surface area (Å²) in [6.07, 6.45) is 3.11. The minimum absolute atomic E-state index is 0.128. The van der Waals surface area contributed by atoms with Crippen LogP contribution in [0, 0.1) is 0 Å². The molecule has 0 saturated heterocycles. The zero-order valence-electron chi connectivity index (χ0n) is 22.2. The fraction of sp³-hybridized carbons (Fsp3) is 0.161. The maximum absolute atomic E-state index is 13.0. The van der Waals surface area contributed by atoms with E-state index in [1.165, 1.54) is 29.5 Å². The molecule has 1 aliphatic rings. The minimum atomic E-state index is -0.479. The summed E-state index contributed by atoms with van der Waals surface area (Å²) in [5.74, 6) is -0.777. The second kappa shape index (κ2) is 12.5. The van der Waals surface area contributed by atoms with Crippen LogP contribution >= 0.6 is 11.6 Å². The number of nitrogens with one attached hydrogen (secondary N) is 4. The van der Waals surface area contributed by atoms with E-state index in [9.17, 15) is 14.4 Å². The Balaban J connectivity index is 1.23. The van der Waals surface area contributed by atoms with Crippen LogP contribution in [-0.4, -0.2) is 29.5 Å². The van der Waals surface area contributed by atoms with Gasteiger partial charge < -0.3 is 15.4 Å². The average molecular weight is 570 g/mol. The Kier molecular flexibility index (Phi) is 8.45. The van der Waals surface area contributed by atoms with E-state index in [0.717, 1.165) is 24.0 Å². The van der Waals surface area contributed by atoms with E-state index >= 15 is 0 Å². The Morgan fingerprint density at radius 3 is 2.24 bits per heavy atom. The van der Waals surface area contributed by atoms with Crippen molar-refractivity contribution in [3.63, 3.8) is 0 Å². The highest BCUT2D eigenvalue weighted by molar-refractivity contribution is 6.33. The zero-order valence-corrected chi connectivity index (χ0v) is 23.0. The van der Waals surface area contributed by atoms with Crippen LogP contribution in [0.4, 0.5) is 16.3 Å². The van der Waals surface area contributed by atoms with E-state index in [2.05, 4.69) is 38.6 Å². The SMILES string of the molecule is CCOC(=O)c1cccc(NC(=O)c2cnc(NNC(=O)NC3c4ccccc4CCc4ccccc43)c(Cl)c2)c1. The van der Waals surface area contributed by atoms with E-state index in [-0.39, 0.29) is 29.1 Å². The number of rotatable bonds is 7. The summed E-state index contributed by atoms with van der Waals surface area (Å²) in [4.78, 5) is 41.9. The lowest BCUT2D eigenvalue weighted by atomic mass is 9.95. The number of aryl methyl sites for hydroxylation is 2. The summed E-state index contributed by atoms with van der Waals surface area (Å²) in [6.45, 7) is 1.97. The smallest absolute Gasteiger partial charge is 0.338 e. The van der Waals surface area contributed by atoms with Gasteiger partial charge in [0.1, 0.15) is 0 Å². The Morgan fingerprint density at radius 1 is 0.902 bits per heavy atom. The number of hydrazine groups is 1. The number of ether oxygens (including phenoxy) is 1. The standard InChI is InChI=1S/C31H28ClN5O4/c1-2-41-30(39)21-10-7-11-23(16-21)34-29(38)22-17-26(32)28(33-18-22)36-37-31(40)35-27-24-12-5-3-8-19(24)14-15-20-9-4-6-13-25(20)27/h3-13,16-18,27H,2,14-15H2,1H3,(H,33,36)(H,34,38)(H2,35,37,40). The molecule has 1 heterocycles. The van der Waals surface area contributed by atoms with Gasteiger partial charge in [-0.25, -0.2) is 14.6 Å². The summed E-state index contributed by atoms with van der Waals surface area (Å²) in [5, 5.41) is 5.90. The van der Waals surface area contributed by atoms with Gasteiger partial charge in [0.2, 0.25) is 0 Å². The molecule has 1 aromatic heterocycles. The highest BCUT2D eigenvalue weighted by Crippen LogP contribution is 2.32. The number of pyridine rings is 1. The number of nitrogens with zero attached hydrogens (tertiary/aromatic N) is 1. The van der Waals surface area contributed by atoms with Crippen LogP contribution in [0.5, 0.6) is 0 Å². The molecule has 10 heteroatoms. The number of carbonyl (C=O) groups excluding carboxylic acids is 3. The molecular weight excluding hydrogens is 542 g/mol. The predicted molar refractivity (Wildman–Crippen MR) is 157 cm³/mol. The lowest BCUT2D eigenvalue weighted by Gasteiger charge is -2.22. The number of carbonyl (C=O) groups is 3. The number of esters is 1. The summed E-state index contributed by atoms with van der Waals surface area (Å²) in [5.41, 5.74) is 10.7. The molecule has 0 atom stereocenters. The topological polar surface area (TPSA) is 121 Å². The highest BCUT2D eigenvalue weighted by atomic mass is 35.5. The molecule has 5 rings (SSSR count). The van der Waals surface area contributed by atoms with Crippen LogP contribution in [0.1, 0.15) is 55.9 Å². The van der Waals surface area contributed by atoms with Crippen LogP contribution in [0.25, 0.3) is 0 Å². The number of amides is 3. The molecule has 0 radical (unpaired) electrons. The van der Waals surface area contributed by atoms with Crippen LogP contribution in [-0.2, 0) is 17.6 Å². The van der Waals surface area contributed by atoms with Crippen molar-refractivity contribution in [3.8, 4) is 0 Å². The van der Waals surface area contributed by atoms with Crippen molar-refractivity contribution < 1.29 is 19.1 Å². The van der Waals surface area contributed by atoms with Gasteiger partial charge in [0, 0.05) is 11.9 Å². The van der Waals surface area contributed by atoms with Crippen molar-refractivity contribution in [1.82, 2.24) is 15.7 Å². The molecule has 41 heavy (non-hydrogen) atoms.